The van der Waals surface area contributed by atoms with Crippen LogP contribution in [0.15, 0.2) is 66.7 Å². The maximum Gasteiger partial charge on any atom is 0.255 e. The van der Waals surface area contributed by atoms with Gasteiger partial charge < -0.3 is 20.1 Å². The van der Waals surface area contributed by atoms with Crippen molar-refractivity contribution >= 4 is 23.2 Å². The van der Waals surface area contributed by atoms with E-state index in [0.29, 0.717) is 41.3 Å². The Morgan fingerprint density at radius 2 is 1.34 bits per heavy atom. The van der Waals surface area contributed by atoms with Crippen LogP contribution in [-0.2, 0) is 17.6 Å². The van der Waals surface area contributed by atoms with Gasteiger partial charge in [-0.15, -0.1) is 0 Å². The first-order valence-electron chi connectivity index (χ1n) is 10.5. The fourth-order valence-electron chi connectivity index (χ4n) is 3.29. The van der Waals surface area contributed by atoms with Crippen LogP contribution < -0.4 is 20.1 Å². The molecule has 32 heavy (non-hydrogen) atoms. The normalized spacial score (nSPS) is 10.3. The summed E-state index contributed by atoms with van der Waals surface area (Å²) in [6.45, 7) is 2.11. The smallest absolute Gasteiger partial charge is 0.255 e. The minimum absolute atomic E-state index is 0.133. The van der Waals surface area contributed by atoms with Crippen molar-refractivity contribution in [3.8, 4) is 11.5 Å². The summed E-state index contributed by atoms with van der Waals surface area (Å²) in [6.07, 6.45) is 1.97. The summed E-state index contributed by atoms with van der Waals surface area (Å²) >= 11 is 0. The second-order valence-corrected chi connectivity index (χ2v) is 7.29. The van der Waals surface area contributed by atoms with Gasteiger partial charge in [0.2, 0.25) is 5.91 Å². The summed E-state index contributed by atoms with van der Waals surface area (Å²) in [6, 6.07) is 20.5. The molecule has 0 fully saturated rings. The Kier molecular flexibility index (Phi) is 7.86. The van der Waals surface area contributed by atoms with E-state index in [0.717, 1.165) is 12.0 Å². The zero-order valence-electron chi connectivity index (χ0n) is 18.6. The first kappa shape index (κ1) is 22.9. The van der Waals surface area contributed by atoms with Gasteiger partial charge >= 0.3 is 0 Å². The molecule has 0 atom stereocenters. The molecule has 0 aromatic heterocycles. The van der Waals surface area contributed by atoms with Gasteiger partial charge in [-0.3, -0.25) is 9.59 Å². The SMILES string of the molecule is CCc1ccc(CCC(=O)Nc2cc(OC)c(NC(=O)c3ccccc3)cc2OC)cc1. The van der Waals surface area contributed by atoms with Crippen molar-refractivity contribution in [2.24, 2.45) is 0 Å². The number of ether oxygens (including phenoxy) is 2. The van der Waals surface area contributed by atoms with Crippen molar-refractivity contribution in [1.29, 1.82) is 0 Å². The first-order valence-corrected chi connectivity index (χ1v) is 10.5. The second kappa shape index (κ2) is 11.0. The van der Waals surface area contributed by atoms with Crippen LogP contribution in [-0.4, -0.2) is 26.0 Å². The molecular weight excluding hydrogens is 404 g/mol. The standard InChI is InChI=1S/C26H28N2O4/c1-4-18-10-12-19(13-11-18)14-15-25(29)27-21-16-24(32-3)22(17-23(21)31-2)28-26(30)20-8-6-5-7-9-20/h5-13,16-17H,4,14-15H2,1-3H3,(H,27,29)(H,28,30). The molecule has 0 saturated heterocycles. The minimum atomic E-state index is -0.267. The second-order valence-electron chi connectivity index (χ2n) is 7.29. The third kappa shape index (κ3) is 5.88. The van der Waals surface area contributed by atoms with Crippen molar-refractivity contribution in [3.05, 3.63) is 83.4 Å². The Labute approximate surface area is 188 Å². The van der Waals surface area contributed by atoms with Crippen molar-refractivity contribution in [2.45, 2.75) is 26.2 Å². The van der Waals surface area contributed by atoms with E-state index in [9.17, 15) is 9.59 Å². The first-order chi connectivity index (χ1) is 15.5. The van der Waals surface area contributed by atoms with Gasteiger partial charge in [-0.25, -0.2) is 0 Å². The fraction of sp³-hybridized carbons (Fsp3) is 0.231. The number of carbonyl (C=O) groups is 2. The van der Waals surface area contributed by atoms with Gasteiger partial charge in [0.15, 0.2) is 0 Å². The predicted octanol–water partition coefficient (Wildman–Crippen LogP) is 5.09. The number of benzene rings is 3. The molecule has 0 spiro atoms. The molecule has 0 bridgehead atoms. The van der Waals surface area contributed by atoms with E-state index in [2.05, 4.69) is 41.8 Å². The lowest BCUT2D eigenvalue weighted by atomic mass is 10.1. The van der Waals surface area contributed by atoms with Gasteiger partial charge in [0, 0.05) is 24.1 Å². The predicted molar refractivity (Wildman–Crippen MR) is 127 cm³/mol. The van der Waals surface area contributed by atoms with Gasteiger partial charge in [0.05, 0.1) is 25.6 Å². The Morgan fingerprint density at radius 3 is 1.91 bits per heavy atom. The van der Waals surface area contributed by atoms with Crippen LogP contribution in [0.3, 0.4) is 0 Å². The van der Waals surface area contributed by atoms with Crippen LogP contribution in [0.5, 0.6) is 11.5 Å². The van der Waals surface area contributed by atoms with E-state index < -0.39 is 0 Å². The summed E-state index contributed by atoms with van der Waals surface area (Å²) in [5.41, 5.74) is 3.84. The summed E-state index contributed by atoms with van der Waals surface area (Å²) in [5, 5.41) is 5.72. The maximum absolute atomic E-state index is 12.5. The molecule has 3 aromatic carbocycles. The molecule has 6 nitrogen and oxygen atoms in total. The van der Waals surface area contributed by atoms with E-state index in [-0.39, 0.29) is 11.8 Å². The fourth-order valence-corrected chi connectivity index (χ4v) is 3.29. The largest absolute Gasteiger partial charge is 0.494 e. The number of hydrogen-bond donors (Lipinski definition) is 2. The van der Waals surface area contributed by atoms with Gasteiger partial charge in [-0.2, -0.15) is 0 Å². The molecule has 0 aliphatic rings. The van der Waals surface area contributed by atoms with Gasteiger partial charge in [0.25, 0.3) is 5.91 Å². The van der Waals surface area contributed by atoms with Crippen LogP contribution in [0.25, 0.3) is 0 Å². The molecule has 0 aliphatic heterocycles. The number of methoxy groups -OCH3 is 2. The zero-order chi connectivity index (χ0) is 22.9. The number of anilines is 2. The number of carbonyl (C=O) groups excluding carboxylic acids is 2. The van der Waals surface area contributed by atoms with E-state index >= 15 is 0 Å². The molecule has 3 rings (SSSR count). The monoisotopic (exact) mass is 432 g/mol. The van der Waals surface area contributed by atoms with Crippen molar-refractivity contribution in [2.75, 3.05) is 24.9 Å². The highest BCUT2D eigenvalue weighted by Gasteiger charge is 2.16. The highest BCUT2D eigenvalue weighted by Crippen LogP contribution is 2.36. The Balaban J connectivity index is 1.70. The zero-order valence-corrected chi connectivity index (χ0v) is 18.6. The highest BCUT2D eigenvalue weighted by atomic mass is 16.5. The number of hydrogen-bond acceptors (Lipinski definition) is 4. The van der Waals surface area contributed by atoms with E-state index in [1.807, 2.05) is 6.07 Å². The summed E-state index contributed by atoms with van der Waals surface area (Å²) in [4.78, 5) is 25.1. The Hall–Kier alpha value is -3.80. The third-order valence-electron chi connectivity index (χ3n) is 5.15. The van der Waals surface area contributed by atoms with Gasteiger partial charge in [-0.1, -0.05) is 49.4 Å². The number of nitrogens with one attached hydrogen (secondary N) is 2. The highest BCUT2D eigenvalue weighted by molar-refractivity contribution is 6.05. The quantitative estimate of drug-likeness (QED) is 0.494. The number of amides is 2. The van der Waals surface area contributed by atoms with Gasteiger partial charge in [-0.05, 0) is 36.1 Å². The average Bonchev–Trinajstić information content (AvgIpc) is 2.84. The number of aryl methyl sites for hydroxylation is 2. The van der Waals surface area contributed by atoms with Crippen LogP contribution in [0.2, 0.25) is 0 Å². The van der Waals surface area contributed by atoms with Crippen LogP contribution in [0, 0.1) is 0 Å². The lowest BCUT2D eigenvalue weighted by Gasteiger charge is -2.16. The minimum Gasteiger partial charge on any atom is -0.494 e. The topological polar surface area (TPSA) is 76.7 Å². The lowest BCUT2D eigenvalue weighted by Crippen LogP contribution is -2.15. The van der Waals surface area contributed by atoms with Crippen LogP contribution >= 0.6 is 0 Å². The van der Waals surface area contributed by atoms with E-state index in [4.69, 9.17) is 9.47 Å². The molecule has 0 unspecified atom stereocenters. The third-order valence-corrected chi connectivity index (χ3v) is 5.15. The number of rotatable bonds is 9. The molecule has 0 aliphatic carbocycles. The molecule has 2 N–H and O–H groups in total. The van der Waals surface area contributed by atoms with Crippen LogP contribution in [0.4, 0.5) is 11.4 Å². The molecule has 0 heterocycles. The summed E-state index contributed by atoms with van der Waals surface area (Å²) < 4.78 is 10.9. The van der Waals surface area contributed by atoms with Crippen LogP contribution in [0.1, 0.15) is 34.8 Å². The van der Waals surface area contributed by atoms with Gasteiger partial charge in [0.1, 0.15) is 11.5 Å². The molecule has 0 radical (unpaired) electrons. The molecule has 3 aromatic rings. The lowest BCUT2D eigenvalue weighted by molar-refractivity contribution is -0.116. The average molecular weight is 433 g/mol. The Morgan fingerprint density at radius 1 is 0.781 bits per heavy atom. The van der Waals surface area contributed by atoms with E-state index in [1.54, 1.807) is 36.4 Å². The van der Waals surface area contributed by atoms with Crippen molar-refractivity contribution in [3.63, 3.8) is 0 Å². The molecule has 6 heteroatoms. The molecular formula is C26H28N2O4. The Bertz CT molecular complexity index is 1060. The van der Waals surface area contributed by atoms with Crippen molar-refractivity contribution in [1.82, 2.24) is 0 Å². The molecule has 166 valence electrons. The molecule has 2 amide bonds. The van der Waals surface area contributed by atoms with E-state index in [1.165, 1.54) is 19.8 Å². The maximum atomic E-state index is 12.5. The molecule has 0 saturated carbocycles. The summed E-state index contributed by atoms with van der Waals surface area (Å²) in [7, 11) is 3.01. The van der Waals surface area contributed by atoms with Crippen molar-refractivity contribution < 1.29 is 19.1 Å². The summed E-state index contributed by atoms with van der Waals surface area (Å²) in [5.74, 6) is 0.443.